The molecule has 70 valence electrons. The van der Waals surface area contributed by atoms with Crippen molar-refractivity contribution in [2.75, 3.05) is 6.54 Å². The molecule has 0 aliphatic heterocycles. The molecule has 3 N–H and O–H groups in total. The summed E-state index contributed by atoms with van der Waals surface area (Å²) in [6, 6.07) is 0.282. The summed E-state index contributed by atoms with van der Waals surface area (Å²) in [5, 5.41) is 2.93. The maximum atomic E-state index is 5.48. The summed E-state index contributed by atoms with van der Waals surface area (Å²) < 4.78 is 0.205. The molecule has 0 fully saturated rings. The summed E-state index contributed by atoms with van der Waals surface area (Å²) in [6.07, 6.45) is 1.57. The van der Waals surface area contributed by atoms with Crippen LogP contribution in [0.5, 0.6) is 0 Å². The van der Waals surface area contributed by atoms with Crippen LogP contribution in [0.4, 0.5) is 0 Å². The van der Waals surface area contributed by atoms with E-state index in [1.54, 1.807) is 6.08 Å². The lowest BCUT2D eigenvalue weighted by Crippen LogP contribution is -2.36. The molecule has 0 bridgehead atoms. The third-order valence-corrected chi connectivity index (χ3v) is 1.25. The summed E-state index contributed by atoms with van der Waals surface area (Å²) in [5.41, 5.74) is 5.48. The molecule has 0 amide bonds. The molecule has 0 aliphatic carbocycles. The second-order valence-electron chi connectivity index (χ2n) is 2.52. The zero-order valence-corrected chi connectivity index (χ0v) is 8.65. The molecule has 0 atom stereocenters. The highest BCUT2D eigenvalue weighted by atomic mass is 35.5. The minimum absolute atomic E-state index is 0.205. The van der Waals surface area contributed by atoms with Crippen LogP contribution in [0, 0.1) is 0 Å². The van der Waals surface area contributed by atoms with Gasteiger partial charge >= 0.3 is 0 Å². The Balaban J connectivity index is 3.77. The number of guanidine groups is 1. The van der Waals surface area contributed by atoms with Gasteiger partial charge in [0.1, 0.15) is 4.49 Å². The third-order valence-electron chi connectivity index (χ3n) is 0.944. The van der Waals surface area contributed by atoms with Crippen LogP contribution < -0.4 is 11.1 Å². The van der Waals surface area contributed by atoms with Crippen LogP contribution in [0.2, 0.25) is 0 Å². The quantitative estimate of drug-likeness (QED) is 0.549. The van der Waals surface area contributed by atoms with Crippen molar-refractivity contribution < 1.29 is 0 Å². The third kappa shape index (κ3) is 7.69. The van der Waals surface area contributed by atoms with Gasteiger partial charge in [0, 0.05) is 6.04 Å². The molecule has 0 saturated carbocycles. The number of hydrogen-bond donors (Lipinski definition) is 2. The molecular weight excluding hydrogens is 197 g/mol. The summed E-state index contributed by atoms with van der Waals surface area (Å²) in [7, 11) is 0. The van der Waals surface area contributed by atoms with Gasteiger partial charge in [0.15, 0.2) is 5.96 Å². The van der Waals surface area contributed by atoms with Crippen molar-refractivity contribution in [1.29, 1.82) is 0 Å². The topological polar surface area (TPSA) is 50.4 Å². The molecule has 0 radical (unpaired) electrons. The monoisotopic (exact) mass is 209 g/mol. The van der Waals surface area contributed by atoms with Crippen molar-refractivity contribution in [3.05, 3.63) is 10.6 Å². The minimum Gasteiger partial charge on any atom is -0.370 e. The highest BCUT2D eigenvalue weighted by Gasteiger charge is 1.92. The molecule has 0 aliphatic rings. The minimum atomic E-state index is 0.205. The second kappa shape index (κ2) is 6.14. The number of halogens is 2. The molecule has 0 aromatic heterocycles. The number of nitrogens with two attached hydrogens (primary N) is 1. The van der Waals surface area contributed by atoms with E-state index in [9.17, 15) is 0 Å². The molecule has 0 rings (SSSR count). The average molecular weight is 210 g/mol. The van der Waals surface area contributed by atoms with Gasteiger partial charge in [-0.3, -0.25) is 0 Å². The Morgan fingerprint density at radius 3 is 2.58 bits per heavy atom. The Kier molecular flexibility index (Phi) is 5.93. The van der Waals surface area contributed by atoms with Crippen LogP contribution in [-0.2, 0) is 0 Å². The largest absolute Gasteiger partial charge is 0.370 e. The molecule has 0 heterocycles. The van der Waals surface area contributed by atoms with E-state index in [4.69, 9.17) is 28.9 Å². The lowest BCUT2D eigenvalue weighted by atomic mass is 10.4. The van der Waals surface area contributed by atoms with Gasteiger partial charge in [-0.25, -0.2) is 4.99 Å². The summed E-state index contributed by atoms with van der Waals surface area (Å²) in [4.78, 5) is 3.94. The SMILES string of the molecule is CC(C)NC(N)=NCC=C(Cl)Cl. The number of nitrogens with one attached hydrogen (secondary N) is 1. The Morgan fingerprint density at radius 2 is 2.17 bits per heavy atom. The van der Waals surface area contributed by atoms with Gasteiger partial charge in [-0.15, -0.1) is 0 Å². The molecule has 0 spiro atoms. The molecule has 0 aromatic rings. The van der Waals surface area contributed by atoms with E-state index < -0.39 is 0 Å². The zero-order chi connectivity index (χ0) is 9.56. The van der Waals surface area contributed by atoms with Gasteiger partial charge in [0.2, 0.25) is 0 Å². The lowest BCUT2D eigenvalue weighted by Gasteiger charge is -2.07. The van der Waals surface area contributed by atoms with Crippen LogP contribution in [0.15, 0.2) is 15.6 Å². The van der Waals surface area contributed by atoms with Crippen molar-refractivity contribution in [3.8, 4) is 0 Å². The second-order valence-corrected chi connectivity index (χ2v) is 3.53. The maximum Gasteiger partial charge on any atom is 0.189 e. The van der Waals surface area contributed by atoms with E-state index in [1.165, 1.54) is 0 Å². The predicted octanol–water partition coefficient (Wildman–Crippen LogP) is 1.62. The number of hydrogen-bond acceptors (Lipinski definition) is 1. The fraction of sp³-hybridized carbons (Fsp3) is 0.571. The van der Waals surface area contributed by atoms with Crippen LogP contribution in [0.3, 0.4) is 0 Å². The predicted molar refractivity (Wildman–Crippen MR) is 54.6 cm³/mol. The van der Waals surface area contributed by atoms with Crippen molar-refractivity contribution in [1.82, 2.24) is 5.32 Å². The highest BCUT2D eigenvalue weighted by Crippen LogP contribution is 2.04. The molecule has 0 aromatic carbocycles. The van der Waals surface area contributed by atoms with Gasteiger partial charge in [0.25, 0.3) is 0 Å². The van der Waals surface area contributed by atoms with Gasteiger partial charge < -0.3 is 11.1 Å². The average Bonchev–Trinajstić information content (AvgIpc) is 1.84. The van der Waals surface area contributed by atoms with Crippen molar-refractivity contribution in [2.24, 2.45) is 10.7 Å². The summed E-state index contributed by atoms with van der Waals surface area (Å²) in [5.74, 6) is 0.399. The maximum absolute atomic E-state index is 5.48. The van der Waals surface area contributed by atoms with Crippen LogP contribution in [0.1, 0.15) is 13.8 Å². The molecule has 0 unspecified atom stereocenters. The first-order valence-electron chi connectivity index (χ1n) is 3.60. The van der Waals surface area contributed by atoms with Crippen LogP contribution in [0.25, 0.3) is 0 Å². The van der Waals surface area contributed by atoms with E-state index in [0.29, 0.717) is 12.5 Å². The van der Waals surface area contributed by atoms with E-state index >= 15 is 0 Å². The number of aliphatic imine (C=N–C) groups is 1. The fourth-order valence-electron chi connectivity index (χ4n) is 0.554. The first kappa shape index (κ1) is 11.6. The zero-order valence-electron chi connectivity index (χ0n) is 7.14. The van der Waals surface area contributed by atoms with Gasteiger partial charge in [-0.05, 0) is 19.9 Å². The lowest BCUT2D eigenvalue weighted by molar-refractivity contribution is 0.726. The van der Waals surface area contributed by atoms with Gasteiger partial charge in [-0.2, -0.15) is 0 Å². The van der Waals surface area contributed by atoms with E-state index in [0.717, 1.165) is 0 Å². The van der Waals surface area contributed by atoms with E-state index in [1.807, 2.05) is 13.8 Å². The summed E-state index contributed by atoms with van der Waals surface area (Å²) in [6.45, 7) is 4.35. The van der Waals surface area contributed by atoms with E-state index in [-0.39, 0.29) is 10.5 Å². The Hall–Kier alpha value is -0.410. The standard InChI is InChI=1S/C7H13Cl2N3/c1-5(2)12-7(10)11-4-3-6(8)9/h3,5H,4H2,1-2H3,(H3,10,11,12). The van der Waals surface area contributed by atoms with E-state index in [2.05, 4.69) is 10.3 Å². The summed E-state index contributed by atoms with van der Waals surface area (Å²) >= 11 is 10.7. The Labute approximate surface area is 82.6 Å². The highest BCUT2D eigenvalue weighted by molar-refractivity contribution is 6.55. The number of rotatable bonds is 3. The molecule has 3 nitrogen and oxygen atoms in total. The smallest absolute Gasteiger partial charge is 0.189 e. The van der Waals surface area contributed by atoms with Crippen molar-refractivity contribution >= 4 is 29.2 Å². The molecule has 12 heavy (non-hydrogen) atoms. The van der Waals surface area contributed by atoms with Gasteiger partial charge in [0.05, 0.1) is 6.54 Å². The Bertz CT molecular complexity index is 183. The molecule has 0 saturated heterocycles. The van der Waals surface area contributed by atoms with Crippen molar-refractivity contribution in [3.63, 3.8) is 0 Å². The first-order valence-corrected chi connectivity index (χ1v) is 4.35. The molecule has 5 heteroatoms. The van der Waals surface area contributed by atoms with Crippen LogP contribution in [-0.4, -0.2) is 18.5 Å². The van der Waals surface area contributed by atoms with Gasteiger partial charge in [-0.1, -0.05) is 23.2 Å². The normalized spacial score (nSPS) is 11.6. The first-order chi connectivity index (χ1) is 5.52. The number of nitrogens with zero attached hydrogens (tertiary/aromatic N) is 1. The Morgan fingerprint density at radius 1 is 1.58 bits per heavy atom. The van der Waals surface area contributed by atoms with Crippen LogP contribution >= 0.6 is 23.2 Å². The fourth-order valence-corrected chi connectivity index (χ4v) is 0.692. The van der Waals surface area contributed by atoms with Crippen molar-refractivity contribution in [2.45, 2.75) is 19.9 Å². The molecular formula is C7H13Cl2N3.